The van der Waals surface area contributed by atoms with Crippen molar-refractivity contribution in [2.45, 2.75) is 25.3 Å². The fraction of sp³-hybridized carbons (Fsp3) is 0.529. The van der Waals surface area contributed by atoms with Crippen molar-refractivity contribution in [2.24, 2.45) is 4.99 Å². The summed E-state index contributed by atoms with van der Waals surface area (Å²) in [7, 11) is 1.74. The molecule has 0 radical (unpaired) electrons. The number of guanidine groups is 1. The Kier molecular flexibility index (Phi) is 6.90. The topological polar surface area (TPSA) is 47.9 Å². The maximum Gasteiger partial charge on any atom is 0.219 e. The maximum atomic E-state index is 14.0. The summed E-state index contributed by atoms with van der Waals surface area (Å²) < 4.78 is 14.0. The van der Waals surface area contributed by atoms with E-state index < -0.39 is 0 Å². The molecule has 1 saturated heterocycles. The third-order valence-corrected chi connectivity index (χ3v) is 5.04. The number of amides is 1. The Balaban J connectivity index is 0.00000225. The van der Waals surface area contributed by atoms with Crippen LogP contribution in [0.5, 0.6) is 0 Å². The lowest BCUT2D eigenvalue weighted by molar-refractivity contribution is -0.130. The second kappa shape index (κ2) is 8.53. The Hall–Kier alpha value is -1.09. The van der Waals surface area contributed by atoms with Gasteiger partial charge in [0, 0.05) is 62.7 Å². The van der Waals surface area contributed by atoms with E-state index in [9.17, 15) is 9.18 Å². The molecule has 2 aliphatic rings. The van der Waals surface area contributed by atoms with Crippen LogP contribution in [0.1, 0.15) is 24.8 Å². The molecule has 1 aromatic carbocycles. The molecule has 0 aromatic heterocycles. The van der Waals surface area contributed by atoms with Gasteiger partial charge in [-0.2, -0.15) is 0 Å². The summed E-state index contributed by atoms with van der Waals surface area (Å²) in [4.78, 5) is 19.7. The van der Waals surface area contributed by atoms with Gasteiger partial charge in [-0.3, -0.25) is 9.79 Å². The lowest BCUT2D eigenvalue weighted by Gasteiger charge is -2.36. The molecule has 3 rings (SSSR count). The van der Waals surface area contributed by atoms with Crippen molar-refractivity contribution in [1.82, 2.24) is 15.1 Å². The zero-order valence-corrected chi connectivity index (χ0v) is 17.4. The van der Waals surface area contributed by atoms with Crippen LogP contribution in [0.2, 0.25) is 5.02 Å². The van der Waals surface area contributed by atoms with Gasteiger partial charge >= 0.3 is 0 Å². The number of nitrogens with zero attached hydrogens (tertiary/aromatic N) is 3. The molecule has 2 atom stereocenters. The minimum absolute atomic E-state index is 0. The molecule has 1 aliphatic heterocycles. The number of carbonyl (C=O) groups excluding carboxylic acids is 1. The Labute approximate surface area is 169 Å². The van der Waals surface area contributed by atoms with E-state index in [-0.39, 0.29) is 47.7 Å². The van der Waals surface area contributed by atoms with Gasteiger partial charge in [0.1, 0.15) is 5.82 Å². The average Bonchev–Trinajstić information content (AvgIpc) is 3.31. The maximum absolute atomic E-state index is 14.0. The van der Waals surface area contributed by atoms with Gasteiger partial charge < -0.3 is 15.1 Å². The molecule has 5 nitrogen and oxygen atoms in total. The number of rotatable bonds is 2. The zero-order valence-electron chi connectivity index (χ0n) is 14.3. The second-order valence-corrected chi connectivity index (χ2v) is 6.68. The molecule has 0 bridgehead atoms. The Morgan fingerprint density at radius 2 is 1.92 bits per heavy atom. The van der Waals surface area contributed by atoms with Crippen LogP contribution in [0.15, 0.2) is 23.2 Å². The van der Waals surface area contributed by atoms with Gasteiger partial charge in [0.05, 0.1) is 0 Å². The molecule has 1 N–H and O–H groups in total. The van der Waals surface area contributed by atoms with Gasteiger partial charge in [0.15, 0.2) is 5.96 Å². The van der Waals surface area contributed by atoms with Gasteiger partial charge in [-0.15, -0.1) is 24.0 Å². The summed E-state index contributed by atoms with van der Waals surface area (Å²) in [5.41, 5.74) is 0.591. The number of hydrogen-bond acceptors (Lipinski definition) is 2. The van der Waals surface area contributed by atoms with Crippen LogP contribution in [-0.2, 0) is 4.79 Å². The van der Waals surface area contributed by atoms with Crippen molar-refractivity contribution in [3.8, 4) is 0 Å². The lowest BCUT2D eigenvalue weighted by Crippen LogP contribution is -2.53. The average molecular weight is 481 g/mol. The first kappa shape index (κ1) is 20.2. The largest absolute Gasteiger partial charge is 0.353 e. The zero-order chi connectivity index (χ0) is 17.3. The lowest BCUT2D eigenvalue weighted by atomic mass is 10.1. The normalized spacial score (nSPS) is 23.1. The number of halogens is 3. The summed E-state index contributed by atoms with van der Waals surface area (Å²) in [5.74, 6) is 0.739. The first-order valence-corrected chi connectivity index (χ1v) is 8.56. The van der Waals surface area contributed by atoms with Crippen LogP contribution in [0.4, 0.5) is 4.39 Å². The SMILES string of the molecule is CN=C(NC1CC1c1c(F)cccc1Cl)N1CCN(C(C)=O)CC1.I. The van der Waals surface area contributed by atoms with Gasteiger partial charge in [-0.25, -0.2) is 4.39 Å². The number of hydrogen-bond donors (Lipinski definition) is 1. The van der Waals surface area contributed by atoms with E-state index in [0.717, 1.165) is 25.5 Å². The molecule has 2 fully saturated rings. The van der Waals surface area contributed by atoms with Gasteiger partial charge in [0.25, 0.3) is 0 Å². The Morgan fingerprint density at radius 1 is 1.28 bits per heavy atom. The van der Waals surface area contributed by atoms with E-state index in [1.165, 1.54) is 6.07 Å². The van der Waals surface area contributed by atoms with Gasteiger partial charge in [-0.1, -0.05) is 17.7 Å². The van der Waals surface area contributed by atoms with Crippen LogP contribution < -0.4 is 5.32 Å². The van der Waals surface area contributed by atoms with E-state index in [1.807, 2.05) is 4.90 Å². The second-order valence-electron chi connectivity index (χ2n) is 6.27. The minimum Gasteiger partial charge on any atom is -0.353 e. The van der Waals surface area contributed by atoms with Crippen molar-refractivity contribution < 1.29 is 9.18 Å². The minimum atomic E-state index is -0.248. The predicted octanol–water partition coefficient (Wildman–Crippen LogP) is 2.69. The summed E-state index contributed by atoms with van der Waals surface area (Å²) in [6.07, 6.45) is 0.840. The summed E-state index contributed by atoms with van der Waals surface area (Å²) >= 11 is 6.15. The van der Waals surface area contributed by atoms with E-state index >= 15 is 0 Å². The molecular weight excluding hydrogens is 458 g/mol. The molecular formula is C17H23ClFIN4O. The first-order valence-electron chi connectivity index (χ1n) is 8.19. The molecule has 1 aromatic rings. The Morgan fingerprint density at radius 3 is 2.48 bits per heavy atom. The molecule has 25 heavy (non-hydrogen) atoms. The third-order valence-electron chi connectivity index (χ3n) is 4.71. The summed E-state index contributed by atoms with van der Waals surface area (Å²) in [6, 6.07) is 4.95. The highest BCUT2D eigenvalue weighted by Gasteiger charge is 2.42. The highest BCUT2D eigenvalue weighted by atomic mass is 127. The molecule has 1 saturated carbocycles. The summed E-state index contributed by atoms with van der Waals surface area (Å²) in [6.45, 7) is 4.48. The first-order chi connectivity index (χ1) is 11.5. The molecule has 2 unspecified atom stereocenters. The van der Waals surface area contributed by atoms with Crippen LogP contribution in [0, 0.1) is 5.82 Å². The Bertz CT molecular complexity index is 644. The van der Waals surface area contributed by atoms with Crippen molar-refractivity contribution in [1.29, 1.82) is 0 Å². The quantitative estimate of drug-likeness (QED) is 0.402. The number of benzene rings is 1. The van der Waals surface area contributed by atoms with Crippen LogP contribution in [0.3, 0.4) is 0 Å². The molecule has 1 aliphatic carbocycles. The molecule has 1 amide bonds. The van der Waals surface area contributed by atoms with E-state index in [0.29, 0.717) is 23.7 Å². The van der Waals surface area contributed by atoms with E-state index in [1.54, 1.807) is 26.1 Å². The number of nitrogens with one attached hydrogen (secondary N) is 1. The highest BCUT2D eigenvalue weighted by molar-refractivity contribution is 14.0. The van der Waals surface area contributed by atoms with Crippen molar-refractivity contribution in [2.75, 3.05) is 33.2 Å². The molecule has 8 heteroatoms. The fourth-order valence-electron chi connectivity index (χ4n) is 3.23. The third kappa shape index (κ3) is 4.55. The van der Waals surface area contributed by atoms with E-state index in [2.05, 4.69) is 15.2 Å². The monoisotopic (exact) mass is 480 g/mol. The molecule has 1 heterocycles. The molecule has 0 spiro atoms. The van der Waals surface area contributed by atoms with Crippen LogP contribution in [0.25, 0.3) is 0 Å². The highest BCUT2D eigenvalue weighted by Crippen LogP contribution is 2.44. The number of aliphatic imine (C=N–C) groups is 1. The fourth-order valence-corrected chi connectivity index (χ4v) is 3.54. The van der Waals surface area contributed by atoms with Crippen LogP contribution in [-0.4, -0.2) is 60.9 Å². The number of piperazine rings is 1. The van der Waals surface area contributed by atoms with Gasteiger partial charge in [0.2, 0.25) is 5.91 Å². The van der Waals surface area contributed by atoms with Crippen molar-refractivity contribution in [3.63, 3.8) is 0 Å². The predicted molar refractivity (Wildman–Crippen MR) is 108 cm³/mol. The van der Waals surface area contributed by atoms with Crippen molar-refractivity contribution in [3.05, 3.63) is 34.6 Å². The standard InChI is InChI=1S/C17H22ClFN4O.HI/c1-11(24)22-6-8-23(9-7-22)17(20-2)21-15-10-12(15)16-13(18)4-3-5-14(16)19;/h3-5,12,15H,6-10H2,1-2H3,(H,20,21);1H. The molecule has 138 valence electrons. The van der Waals surface area contributed by atoms with Crippen LogP contribution >= 0.6 is 35.6 Å². The number of carbonyl (C=O) groups is 1. The van der Waals surface area contributed by atoms with E-state index in [4.69, 9.17) is 11.6 Å². The van der Waals surface area contributed by atoms with Crippen molar-refractivity contribution >= 4 is 47.4 Å². The smallest absolute Gasteiger partial charge is 0.219 e. The summed E-state index contributed by atoms with van der Waals surface area (Å²) in [5, 5.41) is 3.89. The van der Waals surface area contributed by atoms with Gasteiger partial charge in [-0.05, 0) is 18.6 Å².